The molecule has 0 saturated carbocycles. The van der Waals surface area contributed by atoms with Gasteiger partial charge in [0.15, 0.2) is 0 Å². The van der Waals surface area contributed by atoms with E-state index in [-0.39, 0.29) is 21.4 Å². The molecule has 2 amide bonds. The van der Waals surface area contributed by atoms with Crippen LogP contribution >= 0.6 is 58.0 Å². The molecule has 0 aliphatic heterocycles. The number of para-hydroxylation sites is 1. The quantitative estimate of drug-likeness (QED) is 0.0973. The largest absolute Gasteiger partial charge is 0.497 e. The standard InChI is InChI=1S/C23H17Cl2N3O3.C22H14Cl3N3O2/c1-31-17-8-9-19-18(11-17)20(21(29)23(30)27-16-3-2-10-26-12-16)22(25)28(19)13-14-4-6-15(24)7-5-14;23-14-6-5-13(17(24)11-14)12-28-18-4-2-1-3-16(18)19(21(28)25)20(29)22(30)27-15-7-9-26-10-8-15/h2-12H,13H2,1H3,(H,27,30);1-11H,12H2,(H,26,27,30). The highest BCUT2D eigenvalue weighted by Gasteiger charge is 2.28. The van der Waals surface area contributed by atoms with E-state index in [0.29, 0.717) is 67.1 Å². The Hall–Kier alpha value is -6.21. The van der Waals surface area contributed by atoms with Crippen LogP contribution in [0.5, 0.6) is 5.75 Å². The second-order valence-corrected chi connectivity index (χ2v) is 15.3. The van der Waals surface area contributed by atoms with Crippen molar-refractivity contribution in [2.45, 2.75) is 13.1 Å². The molecule has 11 nitrogen and oxygen atoms in total. The number of ether oxygens (including phenoxy) is 1. The number of Topliss-reactive ketones (excluding diaryl/α,β-unsaturated/α-hetero) is 2. The van der Waals surface area contributed by atoms with E-state index in [1.54, 1.807) is 94.2 Å². The number of methoxy groups -OCH3 is 1. The van der Waals surface area contributed by atoms with Gasteiger partial charge in [-0.25, -0.2) is 0 Å². The minimum atomic E-state index is -0.803. The van der Waals surface area contributed by atoms with Crippen LogP contribution in [0, 0.1) is 0 Å². The molecule has 0 bridgehead atoms. The second kappa shape index (κ2) is 19.0. The summed E-state index contributed by atoms with van der Waals surface area (Å²) in [6.45, 7) is 0.713. The lowest BCUT2D eigenvalue weighted by molar-refractivity contribution is -0.113. The summed E-state index contributed by atoms with van der Waals surface area (Å²) in [7, 11) is 1.53. The summed E-state index contributed by atoms with van der Waals surface area (Å²) in [4.78, 5) is 59.2. The van der Waals surface area contributed by atoms with E-state index < -0.39 is 23.4 Å². The highest BCUT2D eigenvalue weighted by molar-refractivity contribution is 6.52. The van der Waals surface area contributed by atoms with Crippen LogP contribution in [0.4, 0.5) is 11.4 Å². The summed E-state index contributed by atoms with van der Waals surface area (Å²) in [5, 5.41) is 8.22. The molecule has 0 radical (unpaired) electrons. The summed E-state index contributed by atoms with van der Waals surface area (Å²) in [5.74, 6) is -2.51. The number of ketones is 2. The average molecular weight is 913 g/mol. The third kappa shape index (κ3) is 9.57. The number of rotatable bonds is 11. The average Bonchev–Trinajstić information content (AvgIpc) is 3.70. The van der Waals surface area contributed by atoms with Crippen LogP contribution in [-0.4, -0.2) is 49.6 Å². The molecule has 0 aliphatic rings. The van der Waals surface area contributed by atoms with E-state index in [1.807, 2.05) is 30.3 Å². The van der Waals surface area contributed by atoms with E-state index in [0.717, 1.165) is 11.1 Å². The summed E-state index contributed by atoms with van der Waals surface area (Å²) >= 11 is 31.5. The Morgan fingerprint density at radius 1 is 0.590 bits per heavy atom. The Bertz CT molecular complexity index is 2940. The topological polar surface area (TPSA) is 137 Å². The first-order valence-electron chi connectivity index (χ1n) is 18.3. The lowest BCUT2D eigenvalue weighted by Gasteiger charge is -2.10. The van der Waals surface area contributed by atoms with Crippen molar-refractivity contribution in [1.82, 2.24) is 19.1 Å². The van der Waals surface area contributed by atoms with Crippen LogP contribution in [0.2, 0.25) is 25.4 Å². The Morgan fingerprint density at radius 2 is 1.21 bits per heavy atom. The van der Waals surface area contributed by atoms with Crippen LogP contribution in [-0.2, 0) is 22.7 Å². The van der Waals surface area contributed by atoms with Gasteiger partial charge in [-0.2, -0.15) is 0 Å². The fourth-order valence-electron chi connectivity index (χ4n) is 6.51. The third-order valence-corrected chi connectivity index (χ3v) is 11.1. The van der Waals surface area contributed by atoms with Crippen molar-refractivity contribution in [3.05, 3.63) is 182 Å². The first-order valence-corrected chi connectivity index (χ1v) is 20.1. The number of hydrogen-bond donors (Lipinski definition) is 2. The van der Waals surface area contributed by atoms with E-state index >= 15 is 0 Å². The fourth-order valence-corrected chi connectivity index (χ4v) is 7.78. The number of anilines is 2. The van der Waals surface area contributed by atoms with Crippen LogP contribution in [0.15, 0.2) is 134 Å². The first kappa shape index (κ1) is 42.9. The molecule has 0 unspecified atom stereocenters. The molecule has 4 heterocycles. The molecule has 0 atom stereocenters. The molecule has 0 saturated heterocycles. The number of nitrogens with zero attached hydrogens (tertiary/aromatic N) is 4. The number of nitrogens with one attached hydrogen (secondary N) is 2. The molecule has 8 aromatic rings. The molecule has 0 aliphatic carbocycles. The minimum Gasteiger partial charge on any atom is -0.497 e. The number of carbonyl (C=O) groups is 4. The van der Waals surface area contributed by atoms with Crippen LogP contribution < -0.4 is 15.4 Å². The molecule has 0 fully saturated rings. The van der Waals surface area contributed by atoms with E-state index in [9.17, 15) is 19.2 Å². The summed E-state index contributed by atoms with van der Waals surface area (Å²) in [5.41, 5.74) is 4.29. The van der Waals surface area contributed by atoms with Gasteiger partial charge in [0.2, 0.25) is 0 Å². The number of carbonyl (C=O) groups excluding carboxylic acids is 4. The van der Waals surface area contributed by atoms with Gasteiger partial charge in [0.25, 0.3) is 23.4 Å². The van der Waals surface area contributed by atoms with Crippen molar-refractivity contribution in [2.75, 3.05) is 17.7 Å². The van der Waals surface area contributed by atoms with Gasteiger partial charge < -0.3 is 24.5 Å². The maximum atomic E-state index is 13.1. The van der Waals surface area contributed by atoms with Gasteiger partial charge >= 0.3 is 0 Å². The molecule has 4 aromatic carbocycles. The van der Waals surface area contributed by atoms with Gasteiger partial charge in [-0.15, -0.1) is 0 Å². The molecule has 61 heavy (non-hydrogen) atoms. The van der Waals surface area contributed by atoms with Gasteiger partial charge in [-0.1, -0.05) is 94.4 Å². The smallest absolute Gasteiger partial charge is 0.296 e. The zero-order valence-corrected chi connectivity index (χ0v) is 35.6. The van der Waals surface area contributed by atoms with Crippen molar-refractivity contribution in [1.29, 1.82) is 0 Å². The molecule has 0 spiro atoms. The van der Waals surface area contributed by atoms with Crippen molar-refractivity contribution < 1.29 is 23.9 Å². The predicted octanol–water partition coefficient (Wildman–Crippen LogP) is 11.1. The predicted molar refractivity (Wildman–Crippen MR) is 241 cm³/mol. The summed E-state index contributed by atoms with van der Waals surface area (Å²) in [6.07, 6.45) is 6.08. The van der Waals surface area contributed by atoms with Crippen molar-refractivity contribution in [3.63, 3.8) is 0 Å². The van der Waals surface area contributed by atoms with E-state index in [4.69, 9.17) is 62.7 Å². The molecule has 8 rings (SSSR count). The van der Waals surface area contributed by atoms with Gasteiger partial charge in [-0.05, 0) is 83.9 Å². The van der Waals surface area contributed by atoms with Gasteiger partial charge in [-0.3, -0.25) is 29.1 Å². The molecule has 4 aromatic heterocycles. The Morgan fingerprint density at radius 3 is 1.87 bits per heavy atom. The van der Waals surface area contributed by atoms with E-state index in [2.05, 4.69) is 20.6 Å². The highest BCUT2D eigenvalue weighted by Crippen LogP contribution is 2.35. The van der Waals surface area contributed by atoms with Crippen molar-refractivity contribution in [2.24, 2.45) is 0 Å². The maximum absolute atomic E-state index is 13.1. The first-order chi connectivity index (χ1) is 29.4. The zero-order chi connectivity index (χ0) is 43.2. The van der Waals surface area contributed by atoms with Gasteiger partial charge in [0.1, 0.15) is 16.1 Å². The number of benzene rings is 4. The lowest BCUT2D eigenvalue weighted by atomic mass is 10.1. The number of hydrogen-bond acceptors (Lipinski definition) is 7. The molecule has 306 valence electrons. The second-order valence-electron chi connectivity index (χ2n) is 13.3. The minimum absolute atomic E-state index is 0.117. The number of halogens is 5. The summed E-state index contributed by atoms with van der Waals surface area (Å²) in [6, 6.07) is 31.5. The number of pyridine rings is 2. The Kier molecular flexibility index (Phi) is 13.4. The van der Waals surface area contributed by atoms with Crippen LogP contribution in [0.1, 0.15) is 31.8 Å². The number of amides is 2. The summed E-state index contributed by atoms with van der Waals surface area (Å²) < 4.78 is 8.84. The van der Waals surface area contributed by atoms with Gasteiger partial charge in [0.05, 0.1) is 47.7 Å². The van der Waals surface area contributed by atoms with Crippen LogP contribution in [0.3, 0.4) is 0 Å². The normalized spacial score (nSPS) is 10.9. The number of fused-ring (bicyclic) bond motifs is 2. The molecule has 16 heteroatoms. The SMILES string of the molecule is COc1ccc2c(c1)c(C(=O)C(=O)Nc1cccnc1)c(Cl)n2Cc1ccc(Cl)cc1.O=C(Nc1ccncc1)C(=O)c1c(Cl)n(Cc2ccc(Cl)cc2Cl)c2ccccc12. The Labute approximate surface area is 373 Å². The Balaban J connectivity index is 0.000000184. The molecular weight excluding hydrogens is 882 g/mol. The monoisotopic (exact) mass is 910 g/mol. The lowest BCUT2D eigenvalue weighted by Crippen LogP contribution is -2.23. The third-order valence-electron chi connectivity index (χ3n) is 9.44. The highest BCUT2D eigenvalue weighted by atomic mass is 35.5. The van der Waals surface area contributed by atoms with E-state index in [1.165, 1.54) is 25.7 Å². The molecule has 2 N–H and O–H groups in total. The van der Waals surface area contributed by atoms with Crippen molar-refractivity contribution in [3.8, 4) is 5.75 Å². The molecular formula is C45H31Cl5N6O5. The van der Waals surface area contributed by atoms with Crippen LogP contribution in [0.25, 0.3) is 21.8 Å². The van der Waals surface area contributed by atoms with Gasteiger partial charge in [0, 0.05) is 56.7 Å². The van der Waals surface area contributed by atoms with Crippen molar-refractivity contribution >= 4 is 115 Å². The zero-order valence-electron chi connectivity index (χ0n) is 31.8. The number of aromatic nitrogens is 4. The maximum Gasteiger partial charge on any atom is 0.296 e. The fraction of sp³-hybridized carbons (Fsp3) is 0.0667.